The maximum atomic E-state index is 4.83. The summed E-state index contributed by atoms with van der Waals surface area (Å²) >= 11 is 0. The number of rotatable bonds is 6. The van der Waals surface area contributed by atoms with Crippen LogP contribution in [0.4, 0.5) is 5.82 Å². The first kappa shape index (κ1) is 18.9. The highest BCUT2D eigenvalue weighted by Gasteiger charge is 2.18. The van der Waals surface area contributed by atoms with Gasteiger partial charge in [0.15, 0.2) is 22.8 Å². The first-order chi connectivity index (χ1) is 15.3. The Morgan fingerprint density at radius 3 is 2.16 bits per heavy atom. The van der Waals surface area contributed by atoms with Gasteiger partial charge in [-0.1, -0.05) is 96.2 Å². The van der Waals surface area contributed by atoms with Crippen LogP contribution in [0.2, 0.25) is 0 Å². The molecule has 1 unspecified atom stereocenters. The number of aromatic nitrogens is 5. The lowest BCUT2D eigenvalue weighted by atomic mass is 10.1. The van der Waals surface area contributed by atoms with E-state index in [1.807, 2.05) is 71.4 Å². The molecule has 1 atom stereocenters. The van der Waals surface area contributed by atoms with Gasteiger partial charge in [-0.2, -0.15) is 0 Å². The van der Waals surface area contributed by atoms with Crippen LogP contribution in [0.1, 0.15) is 24.1 Å². The monoisotopic (exact) mass is 406 g/mol. The summed E-state index contributed by atoms with van der Waals surface area (Å²) in [7, 11) is 0. The van der Waals surface area contributed by atoms with Crippen LogP contribution in [-0.4, -0.2) is 25.0 Å². The topological polar surface area (TPSA) is 68.5 Å². The molecule has 0 amide bonds. The first-order valence-corrected chi connectivity index (χ1v) is 10.3. The van der Waals surface area contributed by atoms with Crippen LogP contribution in [0, 0.1) is 0 Å². The molecule has 0 bridgehead atoms. The third kappa shape index (κ3) is 4.00. The molecule has 6 heteroatoms. The molecule has 6 nitrogen and oxygen atoms in total. The number of fused-ring (bicyclic) bond motifs is 1. The summed E-state index contributed by atoms with van der Waals surface area (Å²) in [5.74, 6) is 1.33. The van der Waals surface area contributed by atoms with Gasteiger partial charge in [0, 0.05) is 5.56 Å². The van der Waals surface area contributed by atoms with Gasteiger partial charge in [0.25, 0.3) is 0 Å². The van der Waals surface area contributed by atoms with E-state index in [0.29, 0.717) is 29.4 Å². The van der Waals surface area contributed by atoms with Crippen LogP contribution in [0.25, 0.3) is 22.6 Å². The number of nitrogens with zero attached hydrogens (tertiary/aromatic N) is 5. The van der Waals surface area contributed by atoms with Crippen molar-refractivity contribution in [1.29, 1.82) is 0 Å². The van der Waals surface area contributed by atoms with E-state index in [1.165, 1.54) is 5.56 Å². The quantitative estimate of drug-likeness (QED) is 0.424. The van der Waals surface area contributed by atoms with E-state index in [-0.39, 0.29) is 6.04 Å². The lowest BCUT2D eigenvalue weighted by Gasteiger charge is -2.16. The summed E-state index contributed by atoms with van der Waals surface area (Å²) in [6.07, 6.45) is 0. The van der Waals surface area contributed by atoms with Crippen molar-refractivity contribution in [1.82, 2.24) is 25.0 Å². The van der Waals surface area contributed by atoms with Crippen molar-refractivity contribution in [2.45, 2.75) is 19.5 Å². The van der Waals surface area contributed by atoms with Gasteiger partial charge in [0.1, 0.15) is 0 Å². The molecule has 0 saturated carbocycles. The molecule has 31 heavy (non-hydrogen) atoms. The standard InChI is InChI=1S/C25H22N6/c1-18(20-13-7-3-8-14-20)26-24-22-25(28-23(27-24)21-15-9-4-10-16-21)31(30-29-22)17-19-11-5-2-6-12-19/h2-16,18H,17H2,1H3,(H,26,27,28). The summed E-state index contributed by atoms with van der Waals surface area (Å²) < 4.78 is 1.83. The molecule has 5 rings (SSSR count). The Morgan fingerprint density at radius 2 is 1.45 bits per heavy atom. The van der Waals surface area contributed by atoms with Crippen molar-refractivity contribution >= 4 is 17.0 Å². The second-order valence-corrected chi connectivity index (χ2v) is 7.44. The van der Waals surface area contributed by atoms with Crippen LogP contribution in [0.15, 0.2) is 91.0 Å². The molecular weight excluding hydrogens is 384 g/mol. The third-order valence-electron chi connectivity index (χ3n) is 5.22. The van der Waals surface area contributed by atoms with Crippen LogP contribution >= 0.6 is 0 Å². The summed E-state index contributed by atoms with van der Waals surface area (Å²) in [6, 6.07) is 30.5. The predicted octanol–water partition coefficient (Wildman–Crippen LogP) is 5.11. The Morgan fingerprint density at radius 1 is 0.806 bits per heavy atom. The second kappa shape index (κ2) is 8.36. The van der Waals surface area contributed by atoms with Gasteiger partial charge < -0.3 is 5.32 Å². The smallest absolute Gasteiger partial charge is 0.184 e. The van der Waals surface area contributed by atoms with Crippen molar-refractivity contribution in [2.24, 2.45) is 0 Å². The summed E-state index contributed by atoms with van der Waals surface area (Å²) in [4.78, 5) is 9.65. The molecule has 1 N–H and O–H groups in total. The zero-order chi connectivity index (χ0) is 21.0. The Balaban J connectivity index is 1.59. The Hall–Kier alpha value is -4.06. The van der Waals surface area contributed by atoms with Gasteiger partial charge in [0.2, 0.25) is 0 Å². The molecule has 0 fully saturated rings. The average molecular weight is 406 g/mol. The van der Waals surface area contributed by atoms with E-state index in [1.54, 1.807) is 0 Å². The maximum absolute atomic E-state index is 4.83. The summed E-state index contributed by atoms with van der Waals surface area (Å²) in [5, 5.41) is 12.3. The van der Waals surface area contributed by atoms with Gasteiger partial charge in [-0.25, -0.2) is 14.6 Å². The summed E-state index contributed by atoms with van der Waals surface area (Å²) in [5.41, 5.74) is 4.64. The molecule has 0 aliphatic carbocycles. The van der Waals surface area contributed by atoms with E-state index in [9.17, 15) is 0 Å². The minimum absolute atomic E-state index is 0.0576. The Kier molecular flexibility index (Phi) is 5.10. The Labute approximate surface area is 180 Å². The molecule has 0 aliphatic heterocycles. The van der Waals surface area contributed by atoms with Crippen LogP contribution in [0.5, 0.6) is 0 Å². The number of anilines is 1. The molecule has 2 heterocycles. The molecule has 5 aromatic rings. The largest absolute Gasteiger partial charge is 0.362 e. The molecular formula is C25H22N6. The van der Waals surface area contributed by atoms with Crippen LogP contribution < -0.4 is 5.32 Å². The first-order valence-electron chi connectivity index (χ1n) is 10.3. The van der Waals surface area contributed by atoms with Crippen LogP contribution in [-0.2, 0) is 6.54 Å². The minimum Gasteiger partial charge on any atom is -0.362 e. The lowest BCUT2D eigenvalue weighted by molar-refractivity contribution is 0.664. The van der Waals surface area contributed by atoms with Gasteiger partial charge >= 0.3 is 0 Å². The van der Waals surface area contributed by atoms with Crippen molar-refractivity contribution in [3.8, 4) is 11.4 Å². The van der Waals surface area contributed by atoms with E-state index in [4.69, 9.17) is 9.97 Å². The van der Waals surface area contributed by atoms with E-state index in [0.717, 1.165) is 11.1 Å². The molecule has 2 aromatic heterocycles. The fourth-order valence-corrected chi connectivity index (χ4v) is 3.57. The normalized spacial score (nSPS) is 12.0. The number of hydrogen-bond acceptors (Lipinski definition) is 5. The van der Waals surface area contributed by atoms with Crippen molar-refractivity contribution in [3.05, 3.63) is 102 Å². The number of benzene rings is 3. The minimum atomic E-state index is 0.0576. The third-order valence-corrected chi connectivity index (χ3v) is 5.22. The highest BCUT2D eigenvalue weighted by atomic mass is 15.4. The zero-order valence-electron chi connectivity index (χ0n) is 17.2. The molecule has 0 saturated heterocycles. The fourth-order valence-electron chi connectivity index (χ4n) is 3.57. The van der Waals surface area contributed by atoms with E-state index in [2.05, 4.69) is 46.8 Å². The number of hydrogen-bond donors (Lipinski definition) is 1. The summed E-state index contributed by atoms with van der Waals surface area (Å²) in [6.45, 7) is 2.70. The second-order valence-electron chi connectivity index (χ2n) is 7.44. The number of nitrogens with one attached hydrogen (secondary N) is 1. The maximum Gasteiger partial charge on any atom is 0.184 e. The molecule has 3 aromatic carbocycles. The molecule has 0 spiro atoms. The molecule has 0 aliphatic rings. The lowest BCUT2D eigenvalue weighted by Crippen LogP contribution is -2.10. The Bertz CT molecular complexity index is 1280. The van der Waals surface area contributed by atoms with Gasteiger partial charge in [-0.05, 0) is 18.1 Å². The highest BCUT2D eigenvalue weighted by Crippen LogP contribution is 2.27. The SMILES string of the molecule is CC(Nc1nc(-c2ccccc2)nc2c1nnn2Cc1ccccc1)c1ccccc1. The van der Waals surface area contributed by atoms with E-state index < -0.39 is 0 Å². The van der Waals surface area contributed by atoms with Crippen molar-refractivity contribution < 1.29 is 0 Å². The van der Waals surface area contributed by atoms with Crippen LogP contribution in [0.3, 0.4) is 0 Å². The fraction of sp³-hybridized carbons (Fsp3) is 0.120. The predicted molar refractivity (Wildman–Crippen MR) is 123 cm³/mol. The zero-order valence-corrected chi connectivity index (χ0v) is 17.2. The van der Waals surface area contributed by atoms with Gasteiger partial charge in [-0.3, -0.25) is 0 Å². The van der Waals surface area contributed by atoms with Gasteiger partial charge in [0.05, 0.1) is 12.6 Å². The van der Waals surface area contributed by atoms with E-state index >= 15 is 0 Å². The van der Waals surface area contributed by atoms with Crippen molar-refractivity contribution in [2.75, 3.05) is 5.32 Å². The molecule has 0 radical (unpaired) electrons. The van der Waals surface area contributed by atoms with Crippen molar-refractivity contribution in [3.63, 3.8) is 0 Å². The molecule has 152 valence electrons. The van der Waals surface area contributed by atoms with Gasteiger partial charge in [-0.15, -0.1) is 5.10 Å². The highest BCUT2D eigenvalue weighted by molar-refractivity contribution is 5.84. The average Bonchev–Trinajstić information content (AvgIpc) is 3.24.